The Morgan fingerprint density at radius 2 is 2.00 bits per heavy atom. The van der Waals surface area contributed by atoms with E-state index in [1.165, 1.54) is 11.6 Å². The highest BCUT2D eigenvalue weighted by atomic mass is 16.2. The van der Waals surface area contributed by atoms with Gasteiger partial charge >= 0.3 is 0 Å². The standard InChI is InChI=1S/C14H15N3O2/c1-9-7-13(17(3)16-9)14(19)15-12-6-4-5-11(8-12)10(2)18/h4-8H,1-3H3,(H,15,19). The number of nitrogens with one attached hydrogen (secondary N) is 1. The molecule has 0 spiro atoms. The monoisotopic (exact) mass is 257 g/mol. The molecule has 0 saturated heterocycles. The number of aromatic nitrogens is 2. The highest BCUT2D eigenvalue weighted by Crippen LogP contribution is 2.13. The third-order valence-corrected chi connectivity index (χ3v) is 2.76. The minimum atomic E-state index is -0.246. The van der Waals surface area contributed by atoms with Gasteiger partial charge < -0.3 is 5.32 Å². The lowest BCUT2D eigenvalue weighted by Gasteiger charge is -2.06. The Balaban J connectivity index is 2.21. The van der Waals surface area contributed by atoms with Gasteiger partial charge in [0, 0.05) is 18.3 Å². The number of carbonyl (C=O) groups excluding carboxylic acids is 2. The van der Waals surface area contributed by atoms with Gasteiger partial charge in [0.15, 0.2) is 5.78 Å². The number of rotatable bonds is 3. The quantitative estimate of drug-likeness (QED) is 0.857. The molecule has 0 atom stereocenters. The highest BCUT2D eigenvalue weighted by Gasteiger charge is 2.12. The summed E-state index contributed by atoms with van der Waals surface area (Å²) in [5, 5.41) is 6.88. The second kappa shape index (κ2) is 5.06. The van der Waals surface area contributed by atoms with Gasteiger partial charge in [-0.2, -0.15) is 5.10 Å². The number of amides is 1. The second-order valence-corrected chi connectivity index (χ2v) is 4.39. The number of hydrogen-bond donors (Lipinski definition) is 1. The maximum atomic E-state index is 12.1. The van der Waals surface area contributed by atoms with Crippen LogP contribution in [-0.4, -0.2) is 21.5 Å². The van der Waals surface area contributed by atoms with Crippen LogP contribution in [0.2, 0.25) is 0 Å². The fourth-order valence-corrected chi connectivity index (χ4v) is 1.83. The average Bonchev–Trinajstić information content (AvgIpc) is 2.69. The first-order chi connectivity index (χ1) is 8.97. The molecule has 1 aromatic heterocycles. The highest BCUT2D eigenvalue weighted by molar-refractivity contribution is 6.04. The number of hydrogen-bond acceptors (Lipinski definition) is 3. The molecule has 2 aromatic rings. The van der Waals surface area contributed by atoms with E-state index in [0.717, 1.165) is 5.69 Å². The first-order valence-electron chi connectivity index (χ1n) is 5.90. The smallest absolute Gasteiger partial charge is 0.273 e. The zero-order valence-electron chi connectivity index (χ0n) is 11.1. The molecule has 0 saturated carbocycles. The predicted molar refractivity (Wildman–Crippen MR) is 72.3 cm³/mol. The molecule has 1 N–H and O–H groups in total. The van der Waals surface area contributed by atoms with Crippen molar-refractivity contribution >= 4 is 17.4 Å². The van der Waals surface area contributed by atoms with Crippen molar-refractivity contribution in [3.63, 3.8) is 0 Å². The average molecular weight is 257 g/mol. The number of aryl methyl sites for hydroxylation is 2. The normalized spacial score (nSPS) is 10.3. The number of Topliss-reactive ketones (excluding diaryl/α,β-unsaturated/α-hetero) is 1. The summed E-state index contributed by atoms with van der Waals surface area (Å²) in [5.74, 6) is -0.281. The Bertz CT molecular complexity index is 644. The Morgan fingerprint density at radius 1 is 1.26 bits per heavy atom. The number of carbonyl (C=O) groups is 2. The first kappa shape index (κ1) is 13.0. The van der Waals surface area contributed by atoms with Crippen LogP contribution in [0.25, 0.3) is 0 Å². The Hall–Kier alpha value is -2.43. The van der Waals surface area contributed by atoms with E-state index in [2.05, 4.69) is 10.4 Å². The van der Waals surface area contributed by atoms with Crippen LogP contribution in [0.1, 0.15) is 33.5 Å². The maximum absolute atomic E-state index is 12.1. The summed E-state index contributed by atoms with van der Waals surface area (Å²) in [4.78, 5) is 23.4. The van der Waals surface area contributed by atoms with Gasteiger partial charge in [-0.3, -0.25) is 14.3 Å². The van der Waals surface area contributed by atoms with Crippen LogP contribution in [0.3, 0.4) is 0 Å². The van der Waals surface area contributed by atoms with E-state index in [1.807, 2.05) is 6.92 Å². The minimum absolute atomic E-state index is 0.0347. The molecule has 5 nitrogen and oxygen atoms in total. The van der Waals surface area contributed by atoms with E-state index < -0.39 is 0 Å². The van der Waals surface area contributed by atoms with Crippen LogP contribution in [0.15, 0.2) is 30.3 Å². The minimum Gasteiger partial charge on any atom is -0.321 e. The molecule has 19 heavy (non-hydrogen) atoms. The molecule has 0 radical (unpaired) electrons. The number of anilines is 1. The van der Waals surface area contributed by atoms with E-state index in [9.17, 15) is 9.59 Å². The third-order valence-electron chi connectivity index (χ3n) is 2.76. The van der Waals surface area contributed by atoms with E-state index in [-0.39, 0.29) is 11.7 Å². The van der Waals surface area contributed by atoms with Gasteiger partial charge in [0.25, 0.3) is 5.91 Å². The van der Waals surface area contributed by atoms with Crippen molar-refractivity contribution in [2.75, 3.05) is 5.32 Å². The molecule has 98 valence electrons. The zero-order chi connectivity index (χ0) is 14.0. The first-order valence-corrected chi connectivity index (χ1v) is 5.90. The van der Waals surface area contributed by atoms with Crippen molar-refractivity contribution in [1.29, 1.82) is 0 Å². The summed E-state index contributed by atoms with van der Waals surface area (Å²) >= 11 is 0. The molecule has 0 bridgehead atoms. The number of benzene rings is 1. The molecule has 1 amide bonds. The molecule has 0 unspecified atom stereocenters. The molecule has 0 aliphatic rings. The van der Waals surface area contributed by atoms with Crippen molar-refractivity contribution < 1.29 is 9.59 Å². The van der Waals surface area contributed by atoms with Gasteiger partial charge in [-0.25, -0.2) is 0 Å². The van der Waals surface area contributed by atoms with Crippen LogP contribution < -0.4 is 5.32 Å². The summed E-state index contributed by atoms with van der Waals surface area (Å²) in [6, 6.07) is 8.56. The fraction of sp³-hybridized carbons (Fsp3) is 0.214. The Morgan fingerprint density at radius 3 is 2.58 bits per heavy atom. The second-order valence-electron chi connectivity index (χ2n) is 4.39. The molecule has 1 aromatic carbocycles. The van der Waals surface area contributed by atoms with Crippen LogP contribution in [0.5, 0.6) is 0 Å². The van der Waals surface area contributed by atoms with Crippen LogP contribution >= 0.6 is 0 Å². The summed E-state index contributed by atoms with van der Waals surface area (Å²) in [5.41, 5.74) is 2.42. The van der Waals surface area contributed by atoms with Crippen molar-refractivity contribution in [3.05, 3.63) is 47.3 Å². The molecule has 0 aliphatic carbocycles. The van der Waals surface area contributed by atoms with Crippen molar-refractivity contribution in [1.82, 2.24) is 9.78 Å². The van der Waals surface area contributed by atoms with Crippen LogP contribution in [-0.2, 0) is 7.05 Å². The number of nitrogens with zero attached hydrogens (tertiary/aromatic N) is 2. The van der Waals surface area contributed by atoms with E-state index in [0.29, 0.717) is 16.9 Å². The van der Waals surface area contributed by atoms with E-state index in [1.54, 1.807) is 37.4 Å². The molecule has 5 heteroatoms. The van der Waals surface area contributed by atoms with Gasteiger partial charge in [-0.05, 0) is 32.0 Å². The van der Waals surface area contributed by atoms with Crippen LogP contribution in [0.4, 0.5) is 5.69 Å². The SMILES string of the molecule is CC(=O)c1cccc(NC(=O)c2cc(C)nn2C)c1. The largest absolute Gasteiger partial charge is 0.321 e. The van der Waals surface area contributed by atoms with Crippen molar-refractivity contribution in [2.45, 2.75) is 13.8 Å². The Labute approximate surface area is 111 Å². The summed E-state index contributed by atoms with van der Waals surface area (Å²) < 4.78 is 1.53. The van der Waals surface area contributed by atoms with Gasteiger partial charge in [0.2, 0.25) is 0 Å². The maximum Gasteiger partial charge on any atom is 0.273 e. The third kappa shape index (κ3) is 2.88. The van der Waals surface area contributed by atoms with E-state index >= 15 is 0 Å². The lowest BCUT2D eigenvalue weighted by Crippen LogP contribution is -2.16. The van der Waals surface area contributed by atoms with Crippen molar-refractivity contribution in [3.8, 4) is 0 Å². The van der Waals surface area contributed by atoms with E-state index in [4.69, 9.17) is 0 Å². The lowest BCUT2D eigenvalue weighted by molar-refractivity contribution is 0.100. The van der Waals surface area contributed by atoms with Gasteiger partial charge in [-0.1, -0.05) is 12.1 Å². The molecule has 2 rings (SSSR count). The lowest BCUT2D eigenvalue weighted by atomic mass is 10.1. The molecule has 1 heterocycles. The van der Waals surface area contributed by atoms with Crippen LogP contribution in [0, 0.1) is 6.92 Å². The summed E-state index contributed by atoms with van der Waals surface area (Å²) in [6.45, 7) is 3.32. The molecule has 0 fully saturated rings. The Kier molecular flexibility index (Phi) is 3.46. The predicted octanol–water partition coefficient (Wildman–Crippen LogP) is 2.18. The van der Waals surface area contributed by atoms with Gasteiger partial charge in [0.05, 0.1) is 5.69 Å². The zero-order valence-corrected chi connectivity index (χ0v) is 11.1. The number of ketones is 1. The van der Waals surface area contributed by atoms with Gasteiger partial charge in [-0.15, -0.1) is 0 Å². The molecular weight excluding hydrogens is 242 g/mol. The fourth-order valence-electron chi connectivity index (χ4n) is 1.83. The summed E-state index contributed by atoms with van der Waals surface area (Å²) in [6.07, 6.45) is 0. The topological polar surface area (TPSA) is 64.0 Å². The van der Waals surface area contributed by atoms with Crippen molar-refractivity contribution in [2.24, 2.45) is 7.05 Å². The van der Waals surface area contributed by atoms with Gasteiger partial charge in [0.1, 0.15) is 5.69 Å². The molecular formula is C14H15N3O2. The summed E-state index contributed by atoms with van der Waals surface area (Å²) in [7, 11) is 1.72. The molecule has 0 aliphatic heterocycles.